The van der Waals surface area contributed by atoms with Gasteiger partial charge in [0.2, 0.25) is 0 Å². The summed E-state index contributed by atoms with van der Waals surface area (Å²) >= 11 is 0. The van der Waals surface area contributed by atoms with E-state index in [0.29, 0.717) is 13.1 Å². The number of para-hydroxylation sites is 1. The molecule has 0 bridgehead atoms. The molecular weight excluding hydrogens is 304 g/mol. The molecule has 1 fully saturated rings. The first-order valence-electron chi connectivity index (χ1n) is 8.15. The van der Waals surface area contributed by atoms with E-state index in [-0.39, 0.29) is 23.1 Å². The van der Waals surface area contributed by atoms with Crippen LogP contribution in [0.25, 0.3) is 0 Å². The molecule has 0 unspecified atom stereocenters. The zero-order valence-corrected chi connectivity index (χ0v) is 14.3. The van der Waals surface area contributed by atoms with Crippen LogP contribution in [0.1, 0.15) is 28.0 Å². The van der Waals surface area contributed by atoms with Gasteiger partial charge in [0.15, 0.2) is 0 Å². The van der Waals surface area contributed by atoms with E-state index in [1.807, 2.05) is 50.2 Å². The number of benzene rings is 1. The summed E-state index contributed by atoms with van der Waals surface area (Å²) in [5.74, 6) is 0.603. The average Bonchev–Trinajstić information content (AvgIpc) is 3.02. The fourth-order valence-electron chi connectivity index (χ4n) is 3.10. The SMILES string of the molecule is Cc1cc(C)n(C)c(=O)c1C(=O)N1CC[C@@H](Oc2ccccc2)C1. The highest BCUT2D eigenvalue weighted by Crippen LogP contribution is 2.20. The fraction of sp³-hybridized carbons (Fsp3) is 0.368. The van der Waals surface area contributed by atoms with Crippen LogP contribution in [0, 0.1) is 13.8 Å². The van der Waals surface area contributed by atoms with E-state index >= 15 is 0 Å². The Labute approximate surface area is 141 Å². The number of amides is 1. The van der Waals surface area contributed by atoms with Crippen LogP contribution in [0.15, 0.2) is 41.2 Å². The second kappa shape index (κ2) is 6.51. The monoisotopic (exact) mass is 326 g/mol. The van der Waals surface area contributed by atoms with Crippen molar-refractivity contribution in [2.24, 2.45) is 7.05 Å². The van der Waals surface area contributed by atoms with Crippen molar-refractivity contribution in [2.75, 3.05) is 13.1 Å². The summed E-state index contributed by atoms with van der Waals surface area (Å²) in [6.07, 6.45) is 0.734. The molecule has 3 rings (SSSR count). The fourth-order valence-corrected chi connectivity index (χ4v) is 3.10. The first kappa shape index (κ1) is 16.3. The number of aryl methyl sites for hydroxylation is 2. The summed E-state index contributed by atoms with van der Waals surface area (Å²) in [5, 5.41) is 0. The minimum Gasteiger partial charge on any atom is -0.489 e. The minimum absolute atomic E-state index is 0.0362. The molecule has 1 aliphatic rings. The van der Waals surface area contributed by atoms with Crippen LogP contribution in [0.2, 0.25) is 0 Å². The van der Waals surface area contributed by atoms with E-state index < -0.39 is 0 Å². The van der Waals surface area contributed by atoms with E-state index in [1.54, 1.807) is 11.9 Å². The number of ether oxygens (including phenoxy) is 1. The molecule has 2 aromatic rings. The summed E-state index contributed by atoms with van der Waals surface area (Å²) in [6.45, 7) is 4.79. The minimum atomic E-state index is -0.232. The Morgan fingerprint density at radius 3 is 2.62 bits per heavy atom. The highest BCUT2D eigenvalue weighted by atomic mass is 16.5. The van der Waals surface area contributed by atoms with Gasteiger partial charge < -0.3 is 14.2 Å². The quantitative estimate of drug-likeness (QED) is 0.869. The zero-order chi connectivity index (χ0) is 17.3. The molecule has 5 heteroatoms. The smallest absolute Gasteiger partial charge is 0.263 e. The van der Waals surface area contributed by atoms with Gasteiger partial charge in [-0.1, -0.05) is 18.2 Å². The second-order valence-corrected chi connectivity index (χ2v) is 6.30. The lowest BCUT2D eigenvalue weighted by atomic mass is 10.1. The van der Waals surface area contributed by atoms with Crippen LogP contribution in [-0.4, -0.2) is 34.6 Å². The van der Waals surface area contributed by atoms with Crippen LogP contribution < -0.4 is 10.3 Å². The van der Waals surface area contributed by atoms with E-state index in [1.165, 1.54) is 4.57 Å². The maximum Gasteiger partial charge on any atom is 0.263 e. The topological polar surface area (TPSA) is 51.5 Å². The normalized spacial score (nSPS) is 17.1. The number of rotatable bonds is 3. The van der Waals surface area contributed by atoms with E-state index in [9.17, 15) is 9.59 Å². The van der Waals surface area contributed by atoms with Crippen molar-refractivity contribution in [3.63, 3.8) is 0 Å². The molecule has 0 spiro atoms. The zero-order valence-electron chi connectivity index (χ0n) is 14.3. The number of likely N-dealkylation sites (tertiary alicyclic amines) is 1. The maximum absolute atomic E-state index is 12.8. The molecule has 0 aliphatic carbocycles. The number of aromatic nitrogens is 1. The number of hydrogen-bond acceptors (Lipinski definition) is 3. The van der Waals surface area contributed by atoms with Gasteiger partial charge in [-0.25, -0.2) is 0 Å². The largest absolute Gasteiger partial charge is 0.489 e. The van der Waals surface area contributed by atoms with Gasteiger partial charge in [-0.2, -0.15) is 0 Å². The number of carbonyl (C=O) groups excluding carboxylic acids is 1. The Balaban J connectivity index is 1.76. The lowest BCUT2D eigenvalue weighted by molar-refractivity contribution is 0.0769. The third-order valence-electron chi connectivity index (χ3n) is 4.56. The van der Waals surface area contributed by atoms with Gasteiger partial charge in [0.25, 0.3) is 11.5 Å². The summed E-state index contributed by atoms with van der Waals surface area (Å²) in [6, 6.07) is 11.5. The van der Waals surface area contributed by atoms with Gasteiger partial charge in [-0.15, -0.1) is 0 Å². The van der Waals surface area contributed by atoms with Crippen molar-refractivity contribution < 1.29 is 9.53 Å². The highest BCUT2D eigenvalue weighted by molar-refractivity contribution is 5.95. The molecule has 0 radical (unpaired) electrons. The Morgan fingerprint density at radius 1 is 1.21 bits per heavy atom. The molecule has 126 valence electrons. The Bertz CT molecular complexity index is 811. The van der Waals surface area contributed by atoms with E-state index in [2.05, 4.69) is 0 Å². The van der Waals surface area contributed by atoms with Crippen molar-refractivity contribution in [3.8, 4) is 5.75 Å². The predicted molar refractivity (Wildman–Crippen MR) is 92.5 cm³/mol. The van der Waals surface area contributed by atoms with Gasteiger partial charge in [0.05, 0.1) is 6.54 Å². The van der Waals surface area contributed by atoms with Crippen LogP contribution in [-0.2, 0) is 7.05 Å². The predicted octanol–water partition coefficient (Wildman–Crippen LogP) is 2.30. The number of carbonyl (C=O) groups is 1. The number of hydrogen-bond donors (Lipinski definition) is 0. The summed E-state index contributed by atoms with van der Waals surface area (Å²) < 4.78 is 7.44. The number of pyridine rings is 1. The molecule has 5 nitrogen and oxygen atoms in total. The molecule has 2 heterocycles. The van der Waals surface area contributed by atoms with Crippen molar-refractivity contribution in [1.82, 2.24) is 9.47 Å². The van der Waals surface area contributed by atoms with E-state index in [0.717, 1.165) is 23.4 Å². The lowest BCUT2D eigenvalue weighted by Crippen LogP contribution is -2.37. The molecule has 1 aromatic heterocycles. The third kappa shape index (κ3) is 3.07. The molecule has 1 saturated heterocycles. The van der Waals surface area contributed by atoms with Gasteiger partial charge in [-0.3, -0.25) is 9.59 Å². The summed E-state index contributed by atoms with van der Waals surface area (Å²) in [4.78, 5) is 27.0. The molecule has 1 aromatic carbocycles. The molecule has 0 N–H and O–H groups in total. The third-order valence-corrected chi connectivity index (χ3v) is 4.56. The van der Waals surface area contributed by atoms with Crippen molar-refractivity contribution in [2.45, 2.75) is 26.4 Å². The van der Waals surface area contributed by atoms with Crippen molar-refractivity contribution in [3.05, 3.63) is 63.6 Å². The molecule has 1 atom stereocenters. The van der Waals surface area contributed by atoms with Crippen LogP contribution in [0.5, 0.6) is 5.75 Å². The first-order valence-corrected chi connectivity index (χ1v) is 8.15. The highest BCUT2D eigenvalue weighted by Gasteiger charge is 2.30. The maximum atomic E-state index is 12.8. The van der Waals surface area contributed by atoms with E-state index in [4.69, 9.17) is 4.74 Å². The van der Waals surface area contributed by atoms with Crippen molar-refractivity contribution in [1.29, 1.82) is 0 Å². The Morgan fingerprint density at radius 2 is 1.92 bits per heavy atom. The van der Waals surface area contributed by atoms with Crippen LogP contribution in [0.4, 0.5) is 0 Å². The molecule has 1 aliphatic heterocycles. The summed E-state index contributed by atoms with van der Waals surface area (Å²) in [5.41, 5.74) is 1.61. The molecule has 24 heavy (non-hydrogen) atoms. The standard InChI is InChI=1S/C19H22N2O3/c1-13-11-14(2)20(3)18(22)17(13)19(23)21-10-9-16(12-21)24-15-7-5-4-6-8-15/h4-8,11,16H,9-10,12H2,1-3H3/t16-/m1/s1. The Hall–Kier alpha value is -2.56. The van der Waals surface area contributed by atoms with Gasteiger partial charge in [0, 0.05) is 25.7 Å². The first-order chi connectivity index (χ1) is 11.5. The second-order valence-electron chi connectivity index (χ2n) is 6.30. The average molecular weight is 326 g/mol. The summed E-state index contributed by atoms with van der Waals surface area (Å²) in [7, 11) is 1.69. The van der Waals surface area contributed by atoms with Gasteiger partial charge in [0.1, 0.15) is 17.4 Å². The number of nitrogens with zero attached hydrogens (tertiary/aromatic N) is 2. The lowest BCUT2D eigenvalue weighted by Gasteiger charge is -2.19. The molecule has 1 amide bonds. The van der Waals surface area contributed by atoms with Gasteiger partial charge >= 0.3 is 0 Å². The molecule has 0 saturated carbocycles. The molecular formula is C19H22N2O3. The Kier molecular flexibility index (Phi) is 4.42. The van der Waals surface area contributed by atoms with Crippen LogP contribution >= 0.6 is 0 Å². The van der Waals surface area contributed by atoms with Gasteiger partial charge in [-0.05, 0) is 37.6 Å². The van der Waals surface area contributed by atoms with Crippen LogP contribution in [0.3, 0.4) is 0 Å². The van der Waals surface area contributed by atoms with Crippen molar-refractivity contribution >= 4 is 5.91 Å².